The van der Waals surface area contributed by atoms with E-state index >= 15 is 0 Å². The second kappa shape index (κ2) is 4.47. The van der Waals surface area contributed by atoms with Crippen molar-refractivity contribution in [2.24, 2.45) is 0 Å². The lowest BCUT2D eigenvalue weighted by Gasteiger charge is -2.07. The van der Waals surface area contributed by atoms with E-state index in [2.05, 4.69) is 20.4 Å². The van der Waals surface area contributed by atoms with Crippen LogP contribution in [0.2, 0.25) is 0 Å². The number of methoxy groups -OCH3 is 2. The van der Waals surface area contributed by atoms with E-state index < -0.39 is 0 Å². The van der Waals surface area contributed by atoms with Crippen molar-refractivity contribution in [1.82, 2.24) is 19.6 Å². The molecule has 0 saturated heterocycles. The first-order chi connectivity index (χ1) is 7.81. The second-order valence-corrected chi connectivity index (χ2v) is 2.83. The van der Waals surface area contributed by atoms with E-state index in [1.165, 1.54) is 14.2 Å². The molecule has 0 aliphatic rings. The first kappa shape index (κ1) is 10.2. The van der Waals surface area contributed by atoms with Gasteiger partial charge in [-0.15, -0.1) is 4.98 Å². The maximum absolute atomic E-state index is 4.93. The zero-order valence-electron chi connectivity index (χ0n) is 8.91. The number of hydrogen-bond donors (Lipinski definition) is 1. The van der Waals surface area contributed by atoms with Gasteiger partial charge in [0.15, 0.2) is 0 Å². The first-order valence-corrected chi connectivity index (χ1v) is 4.56. The minimum Gasteiger partial charge on any atom is -0.467 e. The van der Waals surface area contributed by atoms with Gasteiger partial charge in [0.05, 0.1) is 14.2 Å². The van der Waals surface area contributed by atoms with Crippen LogP contribution >= 0.6 is 0 Å². The minimum absolute atomic E-state index is 0.196. The van der Waals surface area contributed by atoms with Gasteiger partial charge in [-0.2, -0.15) is 9.97 Å². The van der Waals surface area contributed by atoms with Gasteiger partial charge in [0.2, 0.25) is 0 Å². The Morgan fingerprint density at radius 2 is 1.56 bits per heavy atom. The maximum Gasteiger partial charge on any atom is 0.324 e. The molecule has 1 N–H and O–H groups in total. The van der Waals surface area contributed by atoms with Crippen molar-refractivity contribution >= 4 is 5.95 Å². The van der Waals surface area contributed by atoms with E-state index in [0.717, 1.165) is 0 Å². The number of anilines is 1. The molecule has 2 aromatic rings. The van der Waals surface area contributed by atoms with E-state index in [0.29, 0.717) is 5.95 Å². The van der Waals surface area contributed by atoms with Crippen molar-refractivity contribution in [2.45, 2.75) is 0 Å². The molecular weight excluding hydrogens is 210 g/mol. The highest BCUT2D eigenvalue weighted by molar-refractivity contribution is 5.27. The summed E-state index contributed by atoms with van der Waals surface area (Å²) in [7, 11) is 2.96. The van der Waals surface area contributed by atoms with E-state index in [-0.39, 0.29) is 12.0 Å². The summed E-state index contributed by atoms with van der Waals surface area (Å²) in [5.74, 6) is 0.347. The van der Waals surface area contributed by atoms with Gasteiger partial charge in [0.25, 0.3) is 5.95 Å². The largest absolute Gasteiger partial charge is 0.467 e. The highest BCUT2D eigenvalue weighted by Gasteiger charge is 2.06. The number of aromatic nitrogens is 4. The number of hydrogen-bond acceptors (Lipinski definition) is 6. The van der Waals surface area contributed by atoms with Crippen LogP contribution in [0.15, 0.2) is 24.5 Å². The summed E-state index contributed by atoms with van der Waals surface area (Å²) in [6.07, 6.45) is 3.64. The third kappa shape index (κ3) is 2.19. The SMILES string of the molecule is COc1nc(Nn2cccc2)nc(OC)n1. The maximum atomic E-state index is 4.93. The van der Waals surface area contributed by atoms with Crippen molar-refractivity contribution in [1.29, 1.82) is 0 Å². The lowest BCUT2D eigenvalue weighted by molar-refractivity contribution is 0.341. The highest BCUT2D eigenvalue weighted by Crippen LogP contribution is 2.11. The van der Waals surface area contributed by atoms with Gasteiger partial charge < -0.3 is 9.47 Å². The Labute approximate surface area is 92.0 Å². The lowest BCUT2D eigenvalue weighted by Crippen LogP contribution is -2.11. The molecule has 0 radical (unpaired) electrons. The van der Waals surface area contributed by atoms with Gasteiger partial charge in [-0.3, -0.25) is 10.1 Å². The Morgan fingerprint density at radius 3 is 2.06 bits per heavy atom. The zero-order chi connectivity index (χ0) is 11.4. The first-order valence-electron chi connectivity index (χ1n) is 4.56. The fraction of sp³-hybridized carbons (Fsp3) is 0.222. The standard InChI is InChI=1S/C9H11N5O2/c1-15-8-10-7(11-9(12-8)16-2)13-14-5-3-4-6-14/h3-6H,1-2H3,(H,10,11,12,13). The summed E-state index contributed by atoms with van der Waals surface area (Å²) in [5.41, 5.74) is 2.93. The van der Waals surface area contributed by atoms with Crippen LogP contribution in [0.25, 0.3) is 0 Å². The van der Waals surface area contributed by atoms with Crippen molar-refractivity contribution < 1.29 is 9.47 Å². The number of nitrogens with one attached hydrogen (secondary N) is 1. The summed E-state index contributed by atoms with van der Waals surface area (Å²) < 4.78 is 11.6. The minimum atomic E-state index is 0.196. The van der Waals surface area contributed by atoms with Crippen LogP contribution in [0.4, 0.5) is 5.95 Å². The van der Waals surface area contributed by atoms with Gasteiger partial charge in [-0.05, 0) is 12.1 Å². The summed E-state index contributed by atoms with van der Waals surface area (Å²) in [5, 5.41) is 0. The van der Waals surface area contributed by atoms with Crippen LogP contribution in [0.3, 0.4) is 0 Å². The molecule has 2 rings (SSSR count). The van der Waals surface area contributed by atoms with Gasteiger partial charge in [-0.25, -0.2) is 0 Å². The molecule has 0 bridgehead atoms. The van der Waals surface area contributed by atoms with Gasteiger partial charge in [0.1, 0.15) is 0 Å². The van der Waals surface area contributed by atoms with Crippen molar-refractivity contribution in [2.75, 3.05) is 19.6 Å². The van der Waals surface area contributed by atoms with Crippen molar-refractivity contribution in [3.05, 3.63) is 24.5 Å². The lowest BCUT2D eigenvalue weighted by atomic mass is 10.7. The monoisotopic (exact) mass is 221 g/mol. The Bertz CT molecular complexity index is 435. The molecule has 0 aliphatic carbocycles. The van der Waals surface area contributed by atoms with Gasteiger partial charge >= 0.3 is 12.0 Å². The third-order valence-corrected chi connectivity index (χ3v) is 1.79. The molecule has 0 aromatic carbocycles. The average Bonchev–Trinajstić information content (AvgIpc) is 2.81. The van der Waals surface area contributed by atoms with E-state index in [1.54, 1.807) is 4.68 Å². The summed E-state index contributed by atoms with van der Waals surface area (Å²) in [6, 6.07) is 4.15. The molecule has 2 aromatic heterocycles. The van der Waals surface area contributed by atoms with Crippen LogP contribution in [0.1, 0.15) is 0 Å². The molecule has 0 saturated carbocycles. The molecule has 16 heavy (non-hydrogen) atoms. The Balaban J connectivity index is 2.26. The molecule has 2 heterocycles. The summed E-state index contributed by atoms with van der Waals surface area (Å²) in [4.78, 5) is 11.9. The van der Waals surface area contributed by atoms with Crippen LogP contribution in [-0.4, -0.2) is 33.8 Å². The zero-order valence-corrected chi connectivity index (χ0v) is 8.91. The van der Waals surface area contributed by atoms with Gasteiger partial charge in [-0.1, -0.05) is 0 Å². The van der Waals surface area contributed by atoms with Crippen LogP contribution in [0, 0.1) is 0 Å². The average molecular weight is 221 g/mol. The van der Waals surface area contributed by atoms with E-state index in [9.17, 15) is 0 Å². The van der Waals surface area contributed by atoms with Crippen LogP contribution in [-0.2, 0) is 0 Å². The van der Waals surface area contributed by atoms with Crippen molar-refractivity contribution in [3.8, 4) is 12.0 Å². The molecule has 7 nitrogen and oxygen atoms in total. The molecular formula is C9H11N5O2. The molecule has 0 aliphatic heterocycles. The Hall–Kier alpha value is -2.31. The van der Waals surface area contributed by atoms with Crippen LogP contribution in [0.5, 0.6) is 12.0 Å². The normalized spacial score (nSPS) is 9.88. The molecule has 0 amide bonds. The second-order valence-electron chi connectivity index (χ2n) is 2.83. The molecule has 7 heteroatoms. The molecule has 84 valence electrons. The number of nitrogens with zero attached hydrogens (tertiary/aromatic N) is 4. The van der Waals surface area contributed by atoms with Crippen molar-refractivity contribution in [3.63, 3.8) is 0 Å². The molecule has 0 spiro atoms. The smallest absolute Gasteiger partial charge is 0.324 e. The quantitative estimate of drug-likeness (QED) is 0.813. The molecule has 0 fully saturated rings. The predicted octanol–water partition coefficient (Wildman–Crippen LogP) is 0.565. The summed E-state index contributed by atoms with van der Waals surface area (Å²) >= 11 is 0. The third-order valence-electron chi connectivity index (χ3n) is 1.79. The molecule has 0 unspecified atom stereocenters. The summed E-state index contributed by atoms with van der Waals surface area (Å²) in [6.45, 7) is 0. The van der Waals surface area contributed by atoms with E-state index in [4.69, 9.17) is 9.47 Å². The number of ether oxygens (including phenoxy) is 2. The predicted molar refractivity (Wildman–Crippen MR) is 56.4 cm³/mol. The fourth-order valence-electron chi connectivity index (χ4n) is 1.10. The number of rotatable bonds is 4. The van der Waals surface area contributed by atoms with Crippen LogP contribution < -0.4 is 14.9 Å². The fourth-order valence-corrected chi connectivity index (χ4v) is 1.10. The Kier molecular flexibility index (Phi) is 2.86. The Morgan fingerprint density at radius 1 is 1.00 bits per heavy atom. The highest BCUT2D eigenvalue weighted by atomic mass is 16.5. The van der Waals surface area contributed by atoms with E-state index in [1.807, 2.05) is 24.5 Å². The topological polar surface area (TPSA) is 74.1 Å². The molecule has 0 atom stereocenters. The van der Waals surface area contributed by atoms with Gasteiger partial charge in [0, 0.05) is 12.4 Å².